The molecule has 2 aromatic rings. The number of hydrogen-bond donors (Lipinski definition) is 1. The van der Waals surface area contributed by atoms with Crippen LogP contribution in [0.1, 0.15) is 11.1 Å². The molecule has 0 spiro atoms. The summed E-state index contributed by atoms with van der Waals surface area (Å²) in [6.07, 6.45) is 2.76. The van der Waals surface area contributed by atoms with Gasteiger partial charge in [-0.25, -0.2) is 4.79 Å². The van der Waals surface area contributed by atoms with Crippen molar-refractivity contribution in [2.24, 2.45) is 0 Å². The summed E-state index contributed by atoms with van der Waals surface area (Å²) in [7, 11) is 4.52. The average molecular weight is 385 g/mol. The van der Waals surface area contributed by atoms with Crippen LogP contribution in [0.3, 0.4) is 0 Å². The Hall–Kier alpha value is -3.48. The van der Waals surface area contributed by atoms with Gasteiger partial charge >= 0.3 is 5.97 Å². The fraction of sp³-hybridized carbons (Fsp3) is 0.238. The first-order valence-corrected chi connectivity index (χ1v) is 8.52. The predicted molar refractivity (Wildman–Crippen MR) is 104 cm³/mol. The van der Waals surface area contributed by atoms with Gasteiger partial charge in [0.2, 0.25) is 5.75 Å². The Kier molecular flexibility index (Phi) is 7.90. The van der Waals surface area contributed by atoms with E-state index in [1.807, 2.05) is 30.3 Å². The molecule has 1 amide bonds. The van der Waals surface area contributed by atoms with Gasteiger partial charge in [0.15, 0.2) is 18.1 Å². The molecule has 0 aromatic heterocycles. The summed E-state index contributed by atoms with van der Waals surface area (Å²) in [6, 6.07) is 12.8. The fourth-order valence-electron chi connectivity index (χ4n) is 2.39. The summed E-state index contributed by atoms with van der Waals surface area (Å²) in [5.74, 6) is 0.382. The van der Waals surface area contributed by atoms with Gasteiger partial charge in [0.05, 0.1) is 21.3 Å². The van der Waals surface area contributed by atoms with Gasteiger partial charge in [-0.3, -0.25) is 4.79 Å². The van der Waals surface area contributed by atoms with Crippen molar-refractivity contribution in [2.75, 3.05) is 27.9 Å². The van der Waals surface area contributed by atoms with Crippen molar-refractivity contribution < 1.29 is 28.5 Å². The summed E-state index contributed by atoms with van der Waals surface area (Å²) in [5, 5.41) is 2.68. The Balaban J connectivity index is 1.88. The highest BCUT2D eigenvalue weighted by molar-refractivity contribution is 5.89. The number of rotatable bonds is 9. The maximum atomic E-state index is 11.9. The fourth-order valence-corrected chi connectivity index (χ4v) is 2.39. The maximum absolute atomic E-state index is 11.9. The first-order valence-electron chi connectivity index (χ1n) is 8.52. The van der Waals surface area contributed by atoms with Gasteiger partial charge in [-0.2, -0.15) is 0 Å². The molecule has 0 saturated carbocycles. The Labute approximate surface area is 163 Å². The molecule has 2 aromatic carbocycles. The molecule has 1 N–H and O–H groups in total. The van der Waals surface area contributed by atoms with Gasteiger partial charge in [-0.1, -0.05) is 30.3 Å². The molecule has 0 aliphatic rings. The van der Waals surface area contributed by atoms with Gasteiger partial charge in [-0.05, 0) is 29.3 Å². The molecule has 0 saturated heterocycles. The van der Waals surface area contributed by atoms with Crippen LogP contribution in [0.25, 0.3) is 6.08 Å². The van der Waals surface area contributed by atoms with E-state index in [9.17, 15) is 9.59 Å². The number of amides is 1. The van der Waals surface area contributed by atoms with Crippen molar-refractivity contribution >= 4 is 18.0 Å². The average Bonchev–Trinajstić information content (AvgIpc) is 2.74. The normalized spacial score (nSPS) is 10.4. The van der Waals surface area contributed by atoms with E-state index in [-0.39, 0.29) is 12.5 Å². The largest absolute Gasteiger partial charge is 0.493 e. The van der Waals surface area contributed by atoms with Gasteiger partial charge in [0.25, 0.3) is 5.91 Å². The van der Waals surface area contributed by atoms with Crippen LogP contribution >= 0.6 is 0 Å². The van der Waals surface area contributed by atoms with E-state index in [2.05, 4.69) is 5.32 Å². The Morgan fingerprint density at radius 3 is 2.18 bits per heavy atom. The first-order chi connectivity index (χ1) is 13.6. The van der Waals surface area contributed by atoms with Crippen LogP contribution < -0.4 is 19.5 Å². The summed E-state index contributed by atoms with van der Waals surface area (Å²) in [5.41, 5.74) is 1.62. The number of carbonyl (C=O) groups is 2. The second-order valence-corrected chi connectivity index (χ2v) is 5.66. The van der Waals surface area contributed by atoms with E-state index in [1.165, 1.54) is 33.5 Å². The van der Waals surface area contributed by atoms with E-state index < -0.39 is 5.97 Å². The number of carbonyl (C=O) groups excluding carboxylic acids is 2. The maximum Gasteiger partial charge on any atom is 0.331 e. The molecular formula is C21H23NO6. The summed E-state index contributed by atoms with van der Waals surface area (Å²) in [4.78, 5) is 23.6. The van der Waals surface area contributed by atoms with Gasteiger partial charge in [0.1, 0.15) is 0 Å². The van der Waals surface area contributed by atoms with Crippen LogP contribution in [0, 0.1) is 0 Å². The molecule has 0 heterocycles. The molecule has 0 aliphatic heterocycles. The summed E-state index contributed by atoms with van der Waals surface area (Å²) < 4.78 is 20.7. The van der Waals surface area contributed by atoms with Crippen molar-refractivity contribution in [1.82, 2.24) is 5.32 Å². The van der Waals surface area contributed by atoms with Crippen molar-refractivity contribution in [3.8, 4) is 17.2 Å². The minimum atomic E-state index is -0.636. The van der Waals surface area contributed by atoms with Crippen LogP contribution in [0.4, 0.5) is 0 Å². The molecule has 0 bridgehead atoms. The highest BCUT2D eigenvalue weighted by Gasteiger charge is 2.12. The van der Waals surface area contributed by atoms with Crippen LogP contribution in [-0.4, -0.2) is 39.8 Å². The monoisotopic (exact) mass is 385 g/mol. The molecule has 0 radical (unpaired) electrons. The smallest absolute Gasteiger partial charge is 0.331 e. The molecule has 0 atom stereocenters. The van der Waals surface area contributed by atoms with Crippen LogP contribution in [0.5, 0.6) is 17.2 Å². The molecular weight excluding hydrogens is 362 g/mol. The minimum absolute atomic E-state index is 0.356. The van der Waals surface area contributed by atoms with E-state index in [0.717, 1.165) is 5.56 Å². The van der Waals surface area contributed by atoms with E-state index in [1.54, 1.807) is 12.1 Å². The lowest BCUT2D eigenvalue weighted by molar-refractivity contribution is -0.143. The number of nitrogens with one attached hydrogen (secondary N) is 1. The second kappa shape index (κ2) is 10.6. The first kappa shape index (κ1) is 20.8. The van der Waals surface area contributed by atoms with Gasteiger partial charge < -0.3 is 24.3 Å². The summed E-state index contributed by atoms with van der Waals surface area (Å²) >= 11 is 0. The van der Waals surface area contributed by atoms with Gasteiger partial charge in [-0.15, -0.1) is 0 Å². The quantitative estimate of drug-likeness (QED) is 0.528. The highest BCUT2D eigenvalue weighted by atomic mass is 16.5. The number of ether oxygens (including phenoxy) is 4. The van der Waals surface area contributed by atoms with Crippen molar-refractivity contribution in [2.45, 2.75) is 6.54 Å². The lowest BCUT2D eigenvalue weighted by atomic mass is 10.1. The van der Waals surface area contributed by atoms with E-state index in [4.69, 9.17) is 18.9 Å². The zero-order chi connectivity index (χ0) is 20.4. The molecule has 0 aliphatic carbocycles. The minimum Gasteiger partial charge on any atom is -0.493 e. The van der Waals surface area contributed by atoms with Crippen LogP contribution in [0.2, 0.25) is 0 Å². The number of methoxy groups -OCH3 is 3. The molecule has 148 valence electrons. The van der Waals surface area contributed by atoms with Gasteiger partial charge in [0, 0.05) is 12.6 Å². The van der Waals surface area contributed by atoms with Crippen molar-refractivity contribution in [3.63, 3.8) is 0 Å². The molecule has 7 nitrogen and oxygen atoms in total. The SMILES string of the molecule is COc1cc(/C=C/C(=O)OCC(=O)NCc2ccccc2)cc(OC)c1OC. The second-order valence-electron chi connectivity index (χ2n) is 5.66. The standard InChI is InChI=1S/C21H23NO6/c1-25-17-11-16(12-18(26-2)21(17)27-3)9-10-20(24)28-14-19(23)22-13-15-7-5-4-6-8-15/h4-12H,13-14H2,1-3H3,(H,22,23)/b10-9+. The Bertz CT molecular complexity index is 807. The van der Waals surface area contributed by atoms with Crippen molar-refractivity contribution in [3.05, 3.63) is 59.7 Å². The van der Waals surface area contributed by atoms with E-state index in [0.29, 0.717) is 29.4 Å². The van der Waals surface area contributed by atoms with Crippen LogP contribution in [0.15, 0.2) is 48.5 Å². The third-order valence-electron chi connectivity index (χ3n) is 3.78. The highest BCUT2D eigenvalue weighted by Crippen LogP contribution is 2.38. The molecule has 0 fully saturated rings. The molecule has 0 unspecified atom stereocenters. The number of benzene rings is 2. The predicted octanol–water partition coefficient (Wildman–Crippen LogP) is 2.59. The number of hydrogen-bond acceptors (Lipinski definition) is 6. The van der Waals surface area contributed by atoms with E-state index >= 15 is 0 Å². The zero-order valence-corrected chi connectivity index (χ0v) is 16.1. The molecule has 2 rings (SSSR count). The number of esters is 1. The third-order valence-corrected chi connectivity index (χ3v) is 3.78. The lowest BCUT2D eigenvalue weighted by Crippen LogP contribution is -2.28. The lowest BCUT2D eigenvalue weighted by Gasteiger charge is -2.12. The molecule has 7 heteroatoms. The van der Waals surface area contributed by atoms with Crippen molar-refractivity contribution in [1.29, 1.82) is 0 Å². The Morgan fingerprint density at radius 1 is 0.964 bits per heavy atom. The third kappa shape index (κ3) is 6.05. The molecule has 28 heavy (non-hydrogen) atoms. The topological polar surface area (TPSA) is 83.1 Å². The Morgan fingerprint density at radius 2 is 1.61 bits per heavy atom. The zero-order valence-electron chi connectivity index (χ0n) is 16.1. The summed E-state index contributed by atoms with van der Waals surface area (Å²) in [6.45, 7) is 0.0176. The van der Waals surface area contributed by atoms with Crippen LogP contribution in [-0.2, 0) is 20.9 Å².